The molecule has 1 saturated heterocycles. The van der Waals surface area contributed by atoms with Crippen molar-refractivity contribution >= 4 is 27.5 Å². The van der Waals surface area contributed by atoms with Gasteiger partial charge in [0.1, 0.15) is 5.01 Å². The Hall–Kier alpha value is -1.81. The fourth-order valence-corrected chi connectivity index (χ4v) is 5.19. The first-order valence-corrected chi connectivity index (χ1v) is 10.6. The van der Waals surface area contributed by atoms with Crippen molar-refractivity contribution in [3.63, 3.8) is 0 Å². The van der Waals surface area contributed by atoms with E-state index < -0.39 is 22.1 Å². The van der Waals surface area contributed by atoms with Crippen LogP contribution in [0.5, 0.6) is 0 Å². The van der Waals surface area contributed by atoms with Gasteiger partial charge < -0.3 is 5.11 Å². The minimum atomic E-state index is -3.71. The van der Waals surface area contributed by atoms with Gasteiger partial charge in [-0.15, -0.1) is 11.3 Å². The molecule has 0 saturated carbocycles. The van der Waals surface area contributed by atoms with E-state index in [1.54, 1.807) is 0 Å². The van der Waals surface area contributed by atoms with Crippen LogP contribution in [0.3, 0.4) is 0 Å². The number of carboxylic acid groups (broad SMARTS) is 1. The van der Waals surface area contributed by atoms with Gasteiger partial charge >= 0.3 is 5.97 Å². The van der Waals surface area contributed by atoms with Crippen molar-refractivity contribution in [1.29, 1.82) is 0 Å². The highest BCUT2D eigenvalue weighted by Crippen LogP contribution is 2.25. The number of rotatable bonds is 6. The van der Waals surface area contributed by atoms with Gasteiger partial charge in [-0.25, -0.2) is 4.98 Å². The second-order valence-electron chi connectivity index (χ2n) is 6.31. The van der Waals surface area contributed by atoms with Crippen LogP contribution < -0.4 is 0 Å². The largest absolute Gasteiger partial charge is 0.481 e. The quantitative estimate of drug-likeness (QED) is 0.810. The van der Waals surface area contributed by atoms with Crippen molar-refractivity contribution in [2.75, 3.05) is 20.1 Å². The molecule has 9 heteroatoms. The van der Waals surface area contributed by atoms with Gasteiger partial charge in [-0.3, -0.25) is 4.79 Å². The van der Waals surface area contributed by atoms with E-state index in [-0.39, 0.29) is 13.1 Å². The van der Waals surface area contributed by atoms with Gasteiger partial charge in [0.2, 0.25) is 0 Å². The second kappa shape index (κ2) is 7.83. The highest BCUT2D eigenvalue weighted by atomic mass is 32.2. The van der Waals surface area contributed by atoms with Crippen molar-refractivity contribution in [3.8, 4) is 10.6 Å². The maximum atomic E-state index is 12.8. The lowest BCUT2D eigenvalue weighted by molar-refractivity contribution is -0.142. The van der Waals surface area contributed by atoms with E-state index in [0.29, 0.717) is 25.1 Å². The fraction of sp³-hybridized carbons (Fsp3) is 0.412. The summed E-state index contributed by atoms with van der Waals surface area (Å²) in [5.74, 6) is -1.59. The van der Waals surface area contributed by atoms with Crippen molar-refractivity contribution in [3.05, 3.63) is 41.4 Å². The Labute approximate surface area is 157 Å². The molecule has 1 unspecified atom stereocenters. The van der Waals surface area contributed by atoms with Gasteiger partial charge in [0, 0.05) is 31.1 Å². The molecule has 140 valence electrons. The van der Waals surface area contributed by atoms with Gasteiger partial charge in [-0.2, -0.15) is 17.0 Å². The predicted octanol–water partition coefficient (Wildman–Crippen LogP) is 2.28. The molecule has 1 aromatic heterocycles. The van der Waals surface area contributed by atoms with Crippen LogP contribution in [0, 0.1) is 5.92 Å². The molecular formula is C17H21N3O4S2. The third-order valence-corrected chi connectivity index (χ3v) is 7.25. The van der Waals surface area contributed by atoms with Crippen LogP contribution >= 0.6 is 11.3 Å². The average molecular weight is 396 g/mol. The summed E-state index contributed by atoms with van der Waals surface area (Å²) in [6.45, 7) is 0.525. The summed E-state index contributed by atoms with van der Waals surface area (Å²) in [4.78, 5) is 15.7. The van der Waals surface area contributed by atoms with Gasteiger partial charge in [-0.05, 0) is 12.8 Å². The molecule has 0 bridgehead atoms. The summed E-state index contributed by atoms with van der Waals surface area (Å²) in [5, 5.41) is 11.9. The molecule has 2 heterocycles. The molecule has 1 aromatic carbocycles. The van der Waals surface area contributed by atoms with Crippen molar-refractivity contribution in [2.45, 2.75) is 19.4 Å². The molecule has 2 aromatic rings. The Morgan fingerprint density at radius 3 is 2.81 bits per heavy atom. The van der Waals surface area contributed by atoms with E-state index >= 15 is 0 Å². The van der Waals surface area contributed by atoms with Crippen molar-refractivity contribution in [1.82, 2.24) is 13.6 Å². The summed E-state index contributed by atoms with van der Waals surface area (Å²) in [7, 11) is -2.21. The standard InChI is InChI=1S/C17H21N3O4S2/c1-19(26(23,24)20-9-5-8-14(10-20)17(21)22)11-15-12-25-16(18-15)13-6-3-2-4-7-13/h2-4,6-7,12,14H,5,8-11H2,1H3,(H,21,22). The Kier molecular flexibility index (Phi) is 5.71. The van der Waals surface area contributed by atoms with E-state index in [2.05, 4.69) is 4.98 Å². The number of benzene rings is 1. The van der Waals surface area contributed by atoms with Crippen LogP contribution in [-0.2, 0) is 21.5 Å². The number of carboxylic acids is 1. The molecule has 7 nitrogen and oxygen atoms in total. The average Bonchev–Trinajstić information content (AvgIpc) is 3.11. The molecule has 1 fully saturated rings. The SMILES string of the molecule is CN(Cc1csc(-c2ccccc2)n1)S(=O)(=O)N1CCCC(C(=O)O)C1. The molecule has 0 spiro atoms. The zero-order chi connectivity index (χ0) is 18.7. The maximum Gasteiger partial charge on any atom is 0.307 e. The first-order chi connectivity index (χ1) is 12.4. The van der Waals surface area contributed by atoms with E-state index in [4.69, 9.17) is 5.11 Å². The number of carbonyl (C=O) groups is 1. The summed E-state index contributed by atoms with van der Waals surface area (Å²) in [6, 6.07) is 9.72. The van der Waals surface area contributed by atoms with Gasteiger partial charge in [0.05, 0.1) is 18.2 Å². The molecule has 1 aliphatic heterocycles. The molecule has 1 aliphatic rings. The Morgan fingerprint density at radius 2 is 2.12 bits per heavy atom. The molecule has 1 N–H and O–H groups in total. The molecule has 1 atom stereocenters. The van der Waals surface area contributed by atoms with E-state index in [0.717, 1.165) is 10.6 Å². The Bertz CT molecular complexity index is 867. The number of thiazole rings is 1. The van der Waals surface area contributed by atoms with E-state index in [1.165, 1.54) is 27.0 Å². The lowest BCUT2D eigenvalue weighted by atomic mass is 10.0. The van der Waals surface area contributed by atoms with Crippen LogP contribution in [0.25, 0.3) is 10.6 Å². The zero-order valence-corrected chi connectivity index (χ0v) is 16.0. The Morgan fingerprint density at radius 1 is 1.38 bits per heavy atom. The second-order valence-corrected chi connectivity index (χ2v) is 9.20. The number of piperidine rings is 1. The topological polar surface area (TPSA) is 90.8 Å². The number of aliphatic carboxylic acids is 1. The third-order valence-electron chi connectivity index (χ3n) is 4.41. The minimum Gasteiger partial charge on any atom is -0.481 e. The van der Waals surface area contributed by atoms with Crippen LogP contribution in [0.1, 0.15) is 18.5 Å². The highest BCUT2D eigenvalue weighted by molar-refractivity contribution is 7.86. The minimum absolute atomic E-state index is 0.0222. The van der Waals surface area contributed by atoms with Crippen LogP contribution in [0.4, 0.5) is 0 Å². The number of hydrogen-bond acceptors (Lipinski definition) is 5. The fourth-order valence-electron chi connectivity index (χ4n) is 2.95. The predicted molar refractivity (Wildman–Crippen MR) is 99.9 cm³/mol. The van der Waals surface area contributed by atoms with Crippen LogP contribution in [0.15, 0.2) is 35.7 Å². The van der Waals surface area contributed by atoms with Crippen molar-refractivity contribution < 1.29 is 18.3 Å². The molecule has 0 amide bonds. The van der Waals surface area contributed by atoms with E-state index in [9.17, 15) is 13.2 Å². The molecule has 0 radical (unpaired) electrons. The first-order valence-electron chi connectivity index (χ1n) is 8.32. The summed E-state index contributed by atoms with van der Waals surface area (Å²) in [5.41, 5.74) is 1.67. The van der Waals surface area contributed by atoms with E-state index in [1.807, 2.05) is 35.7 Å². The number of hydrogen-bond donors (Lipinski definition) is 1. The lowest BCUT2D eigenvalue weighted by Gasteiger charge is -2.32. The highest BCUT2D eigenvalue weighted by Gasteiger charge is 2.34. The maximum absolute atomic E-state index is 12.8. The Balaban J connectivity index is 1.70. The normalized spacial score (nSPS) is 18.9. The monoisotopic (exact) mass is 395 g/mol. The first kappa shape index (κ1) is 19.0. The zero-order valence-electron chi connectivity index (χ0n) is 14.4. The molecular weight excluding hydrogens is 374 g/mol. The van der Waals surface area contributed by atoms with Crippen molar-refractivity contribution in [2.24, 2.45) is 5.92 Å². The molecule has 3 rings (SSSR count). The summed E-state index contributed by atoms with van der Waals surface area (Å²) >= 11 is 1.47. The van der Waals surface area contributed by atoms with Gasteiger partial charge in [0.15, 0.2) is 0 Å². The number of aromatic nitrogens is 1. The van der Waals surface area contributed by atoms with Crippen LogP contribution in [-0.4, -0.2) is 53.2 Å². The number of nitrogens with zero attached hydrogens (tertiary/aromatic N) is 3. The lowest BCUT2D eigenvalue weighted by Crippen LogP contribution is -2.47. The van der Waals surface area contributed by atoms with Gasteiger partial charge in [-0.1, -0.05) is 30.3 Å². The third kappa shape index (κ3) is 4.12. The summed E-state index contributed by atoms with van der Waals surface area (Å²) < 4.78 is 28.0. The van der Waals surface area contributed by atoms with Crippen LogP contribution in [0.2, 0.25) is 0 Å². The summed E-state index contributed by atoms with van der Waals surface area (Å²) in [6.07, 6.45) is 1.07. The smallest absolute Gasteiger partial charge is 0.307 e. The molecule has 26 heavy (non-hydrogen) atoms. The molecule has 0 aliphatic carbocycles. The van der Waals surface area contributed by atoms with Gasteiger partial charge in [0.25, 0.3) is 10.2 Å².